The van der Waals surface area contributed by atoms with Crippen LogP contribution in [0.25, 0.3) is 0 Å². The molecule has 0 aromatic heterocycles. The highest BCUT2D eigenvalue weighted by molar-refractivity contribution is 5.32. The van der Waals surface area contributed by atoms with Crippen LogP contribution in [0.3, 0.4) is 0 Å². The summed E-state index contributed by atoms with van der Waals surface area (Å²) in [5.74, 6) is 0. The van der Waals surface area contributed by atoms with E-state index in [0.717, 1.165) is 22.3 Å². The molecule has 7 nitrogen and oxygen atoms in total. The summed E-state index contributed by atoms with van der Waals surface area (Å²) >= 11 is 0. The van der Waals surface area contributed by atoms with Gasteiger partial charge in [0.25, 0.3) is 0 Å². The molecule has 2 aromatic carbocycles. The number of rotatable bonds is 4. The van der Waals surface area contributed by atoms with Gasteiger partial charge >= 0.3 is 0 Å². The van der Waals surface area contributed by atoms with Gasteiger partial charge in [-0.05, 0) is 38.8 Å². The van der Waals surface area contributed by atoms with E-state index < -0.39 is 29.6 Å². The molecule has 1 aliphatic heterocycles. The molecule has 7 heteroatoms. The van der Waals surface area contributed by atoms with Crippen molar-refractivity contribution < 1.29 is 9.85 Å². The number of piperidine rings is 1. The number of aryl methyl sites for hydroxylation is 2. The molecule has 1 fully saturated rings. The maximum atomic E-state index is 12.0. The zero-order valence-electron chi connectivity index (χ0n) is 16.5. The number of nitro groups is 2. The Kier molecular flexibility index (Phi) is 5.21. The molecule has 0 spiro atoms. The topological polar surface area (TPSA) is 98.3 Å². The first-order valence-corrected chi connectivity index (χ1v) is 9.29. The standard InChI is InChI=1S/C21H25N3O4/c1-13-7-5-9-15(11-13)17-19(23(25)26)21(3,4)20(24(27)28)18(22-17)16-10-6-8-14(2)12-16/h5-12,17-20,22H,1-4H3/t17-,18+,19-,20-/m0/s1. The first-order valence-electron chi connectivity index (χ1n) is 9.29. The second kappa shape index (κ2) is 7.31. The van der Waals surface area contributed by atoms with Gasteiger partial charge in [-0.2, -0.15) is 0 Å². The van der Waals surface area contributed by atoms with Gasteiger partial charge < -0.3 is 0 Å². The first kappa shape index (κ1) is 19.9. The van der Waals surface area contributed by atoms with Crippen molar-refractivity contribution in [3.05, 3.63) is 91.0 Å². The lowest BCUT2D eigenvalue weighted by molar-refractivity contribution is -0.605. The minimum atomic E-state index is -1.17. The van der Waals surface area contributed by atoms with E-state index in [1.807, 2.05) is 62.4 Å². The number of nitrogens with zero attached hydrogens (tertiary/aromatic N) is 2. The summed E-state index contributed by atoms with van der Waals surface area (Å²) in [6, 6.07) is 11.5. The molecule has 0 bridgehead atoms. The Morgan fingerprint density at radius 1 is 0.821 bits per heavy atom. The quantitative estimate of drug-likeness (QED) is 0.635. The Balaban J connectivity index is 2.18. The summed E-state index contributed by atoms with van der Waals surface area (Å²) in [4.78, 5) is 23.3. The minimum Gasteiger partial charge on any atom is -0.291 e. The van der Waals surface area contributed by atoms with Crippen LogP contribution >= 0.6 is 0 Å². The summed E-state index contributed by atoms with van der Waals surface area (Å²) in [6.45, 7) is 7.13. The van der Waals surface area contributed by atoms with Crippen molar-refractivity contribution in [2.45, 2.75) is 51.9 Å². The monoisotopic (exact) mass is 383 g/mol. The molecule has 1 saturated heterocycles. The molecule has 0 unspecified atom stereocenters. The SMILES string of the molecule is Cc1cccc([C@H]2N[C@@H](c3cccc(C)c3)[C@H]([N+](=O)[O-])C(C)(C)[C@H]2[N+](=O)[O-])c1. The number of hydrogen-bond acceptors (Lipinski definition) is 5. The van der Waals surface area contributed by atoms with E-state index in [9.17, 15) is 20.2 Å². The van der Waals surface area contributed by atoms with E-state index in [1.165, 1.54) is 0 Å². The fourth-order valence-corrected chi connectivity index (χ4v) is 4.48. The average molecular weight is 383 g/mol. The van der Waals surface area contributed by atoms with Crippen LogP contribution < -0.4 is 5.32 Å². The Hall–Kier alpha value is -2.80. The van der Waals surface area contributed by atoms with Crippen molar-refractivity contribution in [3.63, 3.8) is 0 Å². The van der Waals surface area contributed by atoms with Crippen molar-refractivity contribution in [2.24, 2.45) is 5.41 Å². The maximum absolute atomic E-state index is 12.0. The minimum absolute atomic E-state index is 0.372. The predicted octanol–water partition coefficient (Wildman–Crippen LogP) is 4.01. The lowest BCUT2D eigenvalue weighted by Gasteiger charge is -2.44. The van der Waals surface area contributed by atoms with Crippen LogP contribution in [0, 0.1) is 39.5 Å². The summed E-state index contributed by atoms with van der Waals surface area (Å²) in [5, 5.41) is 27.4. The largest absolute Gasteiger partial charge is 0.291 e. The molecule has 3 rings (SSSR count). The molecule has 1 heterocycles. The first-order chi connectivity index (χ1) is 13.1. The van der Waals surface area contributed by atoms with Gasteiger partial charge in [0.1, 0.15) is 17.5 Å². The second-order valence-corrected chi connectivity index (χ2v) is 8.23. The fraction of sp³-hybridized carbons (Fsp3) is 0.429. The summed E-state index contributed by atoms with van der Waals surface area (Å²) < 4.78 is 0. The lowest BCUT2D eigenvalue weighted by atomic mass is 9.66. The average Bonchev–Trinajstić information content (AvgIpc) is 2.59. The van der Waals surface area contributed by atoms with Crippen molar-refractivity contribution in [2.75, 3.05) is 0 Å². The summed E-state index contributed by atoms with van der Waals surface area (Å²) in [7, 11) is 0. The van der Waals surface area contributed by atoms with Crippen LogP contribution in [0.15, 0.2) is 48.5 Å². The van der Waals surface area contributed by atoms with E-state index in [2.05, 4.69) is 5.32 Å². The third kappa shape index (κ3) is 3.49. The van der Waals surface area contributed by atoms with Gasteiger partial charge in [-0.3, -0.25) is 25.5 Å². The van der Waals surface area contributed by atoms with E-state index in [0.29, 0.717) is 0 Å². The van der Waals surface area contributed by atoms with Crippen molar-refractivity contribution in [1.29, 1.82) is 0 Å². The van der Waals surface area contributed by atoms with Gasteiger partial charge in [-0.15, -0.1) is 0 Å². The van der Waals surface area contributed by atoms with Crippen LogP contribution in [0.4, 0.5) is 0 Å². The highest BCUT2D eigenvalue weighted by Crippen LogP contribution is 2.46. The Labute approximate surface area is 164 Å². The highest BCUT2D eigenvalue weighted by Gasteiger charge is 2.62. The lowest BCUT2D eigenvalue weighted by Crippen LogP contribution is -2.63. The molecule has 1 aliphatic rings. The second-order valence-electron chi connectivity index (χ2n) is 8.23. The smallest absolute Gasteiger partial charge is 0.243 e. The predicted molar refractivity (Wildman–Crippen MR) is 106 cm³/mol. The van der Waals surface area contributed by atoms with Gasteiger partial charge in [0.15, 0.2) is 0 Å². The van der Waals surface area contributed by atoms with Gasteiger partial charge in [0, 0.05) is 9.85 Å². The zero-order chi connectivity index (χ0) is 20.6. The number of benzene rings is 2. The highest BCUT2D eigenvalue weighted by atomic mass is 16.6. The third-order valence-electron chi connectivity index (χ3n) is 5.77. The fourth-order valence-electron chi connectivity index (χ4n) is 4.48. The Morgan fingerprint density at radius 3 is 1.54 bits per heavy atom. The molecule has 148 valence electrons. The van der Waals surface area contributed by atoms with Gasteiger partial charge in [0.2, 0.25) is 12.1 Å². The van der Waals surface area contributed by atoms with Crippen LogP contribution in [0.1, 0.15) is 48.2 Å². The van der Waals surface area contributed by atoms with Crippen molar-refractivity contribution in [1.82, 2.24) is 5.32 Å². The van der Waals surface area contributed by atoms with Gasteiger partial charge in [-0.25, -0.2) is 0 Å². The van der Waals surface area contributed by atoms with Crippen molar-refractivity contribution >= 4 is 0 Å². The van der Waals surface area contributed by atoms with E-state index >= 15 is 0 Å². The molecule has 0 radical (unpaired) electrons. The van der Waals surface area contributed by atoms with Crippen LogP contribution in [-0.2, 0) is 0 Å². The molecule has 2 aromatic rings. The third-order valence-corrected chi connectivity index (χ3v) is 5.77. The van der Waals surface area contributed by atoms with Crippen LogP contribution in [0.2, 0.25) is 0 Å². The van der Waals surface area contributed by atoms with E-state index in [4.69, 9.17) is 0 Å². The summed E-state index contributed by atoms with van der Waals surface area (Å²) in [5.41, 5.74) is 2.36. The van der Waals surface area contributed by atoms with Crippen LogP contribution in [-0.4, -0.2) is 21.9 Å². The number of hydrogen-bond donors (Lipinski definition) is 1. The molecular formula is C21H25N3O4. The molecule has 28 heavy (non-hydrogen) atoms. The van der Waals surface area contributed by atoms with E-state index in [-0.39, 0.29) is 9.85 Å². The molecular weight excluding hydrogens is 358 g/mol. The van der Waals surface area contributed by atoms with Crippen molar-refractivity contribution in [3.8, 4) is 0 Å². The normalized spacial score (nSPS) is 26.6. The van der Waals surface area contributed by atoms with Gasteiger partial charge in [-0.1, -0.05) is 59.7 Å². The molecule has 4 atom stereocenters. The Morgan fingerprint density at radius 2 is 1.21 bits per heavy atom. The molecule has 1 N–H and O–H groups in total. The molecule has 0 aliphatic carbocycles. The maximum Gasteiger partial charge on any atom is 0.243 e. The molecule has 0 amide bonds. The van der Waals surface area contributed by atoms with Crippen LogP contribution in [0.5, 0.6) is 0 Å². The van der Waals surface area contributed by atoms with Gasteiger partial charge in [0.05, 0.1) is 0 Å². The number of nitrogens with one attached hydrogen (secondary N) is 1. The zero-order valence-corrected chi connectivity index (χ0v) is 16.5. The molecule has 0 saturated carbocycles. The Bertz CT molecular complexity index is 841. The summed E-state index contributed by atoms with van der Waals surface area (Å²) in [6.07, 6.45) is 0. The van der Waals surface area contributed by atoms with E-state index in [1.54, 1.807) is 13.8 Å².